The first kappa shape index (κ1) is 12.9. The highest BCUT2D eigenvalue weighted by atomic mass is 35.5. The summed E-state index contributed by atoms with van der Waals surface area (Å²) in [5, 5.41) is -0.581. The van der Waals surface area contributed by atoms with Crippen LogP contribution in [0.2, 0.25) is 5.15 Å². The van der Waals surface area contributed by atoms with Crippen molar-refractivity contribution in [1.29, 1.82) is 0 Å². The maximum Gasteiger partial charge on any atom is 0.334 e. The van der Waals surface area contributed by atoms with E-state index in [2.05, 4.69) is 4.98 Å². The quantitative estimate of drug-likeness (QED) is 0.679. The summed E-state index contributed by atoms with van der Waals surface area (Å²) in [7, 11) is 0. The second kappa shape index (κ2) is 4.99. The van der Waals surface area contributed by atoms with Gasteiger partial charge >= 0.3 is 5.69 Å². The zero-order valence-electron chi connectivity index (χ0n) is 9.24. The minimum Gasteiger partial charge on any atom is -0.295 e. The molecule has 94 valence electrons. The Morgan fingerprint density at radius 3 is 2.44 bits per heavy atom. The number of benzene rings is 1. The Hall–Kier alpha value is -1.53. The summed E-state index contributed by atoms with van der Waals surface area (Å²) in [5.41, 5.74) is -1.56. The minimum atomic E-state index is -1.18. The van der Waals surface area contributed by atoms with E-state index < -0.39 is 22.2 Å². The first-order chi connectivity index (χ1) is 8.54. The summed E-state index contributed by atoms with van der Waals surface area (Å²) < 4.78 is 14.1. The molecule has 4 nitrogen and oxygen atoms in total. The van der Waals surface area contributed by atoms with E-state index in [1.807, 2.05) is 6.26 Å². The SMILES string of the molecule is CSc1ccc(-n2c(=O)[nH]c(Cl)c(F)c2=O)cc1. The lowest BCUT2D eigenvalue weighted by atomic mass is 10.3. The van der Waals surface area contributed by atoms with Crippen molar-refractivity contribution in [3.05, 3.63) is 56.1 Å². The molecule has 0 radical (unpaired) electrons. The molecule has 1 aromatic heterocycles. The van der Waals surface area contributed by atoms with Gasteiger partial charge in [0.2, 0.25) is 5.82 Å². The minimum absolute atomic E-state index is 0.287. The molecule has 0 amide bonds. The fraction of sp³-hybridized carbons (Fsp3) is 0.0909. The molecule has 1 N–H and O–H groups in total. The van der Waals surface area contributed by atoms with Gasteiger partial charge in [0.25, 0.3) is 5.56 Å². The average molecular weight is 287 g/mol. The molecule has 0 aliphatic carbocycles. The maximum atomic E-state index is 13.4. The second-order valence-electron chi connectivity index (χ2n) is 3.40. The van der Waals surface area contributed by atoms with Gasteiger partial charge in [0.15, 0.2) is 5.15 Å². The molecule has 0 bridgehead atoms. The molecule has 1 aromatic carbocycles. The predicted octanol–water partition coefficient (Wildman–Crippen LogP) is 2.04. The Kier molecular flexibility index (Phi) is 3.58. The molecule has 0 aliphatic rings. The highest BCUT2D eigenvalue weighted by molar-refractivity contribution is 7.98. The zero-order chi connectivity index (χ0) is 13.3. The summed E-state index contributed by atoms with van der Waals surface area (Å²) in [5.74, 6) is -1.18. The summed E-state index contributed by atoms with van der Waals surface area (Å²) in [6.45, 7) is 0. The van der Waals surface area contributed by atoms with Gasteiger partial charge < -0.3 is 0 Å². The van der Waals surface area contributed by atoms with Crippen LogP contribution in [0.25, 0.3) is 5.69 Å². The van der Waals surface area contributed by atoms with Gasteiger partial charge in [-0.05, 0) is 30.5 Å². The first-order valence-corrected chi connectivity index (χ1v) is 6.49. The second-order valence-corrected chi connectivity index (χ2v) is 4.65. The lowest BCUT2D eigenvalue weighted by Crippen LogP contribution is -2.35. The van der Waals surface area contributed by atoms with Gasteiger partial charge in [-0.15, -0.1) is 11.8 Å². The lowest BCUT2D eigenvalue weighted by Gasteiger charge is -2.05. The number of halogens is 2. The number of hydrogen-bond acceptors (Lipinski definition) is 3. The van der Waals surface area contributed by atoms with Crippen molar-refractivity contribution in [3.63, 3.8) is 0 Å². The van der Waals surface area contributed by atoms with Crippen LogP contribution in [-0.4, -0.2) is 15.8 Å². The Bertz CT molecular complexity index is 694. The number of nitrogens with zero attached hydrogens (tertiary/aromatic N) is 1. The summed E-state index contributed by atoms with van der Waals surface area (Å²) in [6, 6.07) is 6.60. The van der Waals surface area contributed by atoms with Crippen molar-refractivity contribution in [3.8, 4) is 5.69 Å². The molecule has 0 unspecified atom stereocenters. The van der Waals surface area contributed by atoms with Crippen LogP contribution in [0.5, 0.6) is 0 Å². The van der Waals surface area contributed by atoms with Gasteiger partial charge in [0.05, 0.1) is 5.69 Å². The standard InChI is InChI=1S/C11H8ClFN2O2S/c1-18-7-4-2-6(3-5-7)15-10(16)8(13)9(12)14-11(15)17/h2-5H,1H3,(H,14,17). The molecule has 0 spiro atoms. The third-order valence-corrected chi connectivity index (χ3v) is 3.34. The van der Waals surface area contributed by atoms with Crippen molar-refractivity contribution in [2.24, 2.45) is 0 Å². The van der Waals surface area contributed by atoms with Crippen LogP contribution >= 0.6 is 23.4 Å². The number of rotatable bonds is 2. The molecule has 2 aromatic rings. The number of hydrogen-bond donors (Lipinski definition) is 1. The van der Waals surface area contributed by atoms with Gasteiger partial charge in [-0.3, -0.25) is 9.78 Å². The van der Waals surface area contributed by atoms with E-state index >= 15 is 0 Å². The summed E-state index contributed by atoms with van der Waals surface area (Å²) in [4.78, 5) is 26.3. The number of aromatic amines is 1. The smallest absolute Gasteiger partial charge is 0.295 e. The van der Waals surface area contributed by atoms with Crippen molar-refractivity contribution < 1.29 is 4.39 Å². The van der Waals surface area contributed by atoms with E-state index in [4.69, 9.17) is 11.6 Å². The van der Waals surface area contributed by atoms with Gasteiger partial charge in [-0.25, -0.2) is 9.36 Å². The van der Waals surface area contributed by atoms with Gasteiger partial charge in [-0.1, -0.05) is 11.6 Å². The van der Waals surface area contributed by atoms with Crippen LogP contribution in [0.3, 0.4) is 0 Å². The molecular weight excluding hydrogens is 279 g/mol. The van der Waals surface area contributed by atoms with Crippen LogP contribution in [0, 0.1) is 5.82 Å². The van der Waals surface area contributed by atoms with Crippen LogP contribution in [0.15, 0.2) is 38.8 Å². The number of nitrogens with one attached hydrogen (secondary N) is 1. The Balaban J connectivity index is 2.67. The molecule has 0 fully saturated rings. The molecule has 18 heavy (non-hydrogen) atoms. The van der Waals surface area contributed by atoms with E-state index in [9.17, 15) is 14.0 Å². The van der Waals surface area contributed by atoms with Crippen molar-refractivity contribution >= 4 is 23.4 Å². The van der Waals surface area contributed by atoms with E-state index in [0.717, 1.165) is 4.90 Å². The molecular formula is C11H8ClFN2O2S. The zero-order valence-corrected chi connectivity index (χ0v) is 10.8. The topological polar surface area (TPSA) is 54.9 Å². The molecule has 0 atom stereocenters. The highest BCUT2D eigenvalue weighted by Crippen LogP contribution is 2.16. The average Bonchev–Trinajstić information content (AvgIpc) is 2.37. The normalized spacial score (nSPS) is 10.6. The number of aromatic nitrogens is 2. The highest BCUT2D eigenvalue weighted by Gasteiger charge is 2.13. The fourth-order valence-corrected chi connectivity index (χ4v) is 2.02. The van der Waals surface area contributed by atoms with Crippen LogP contribution in [0.4, 0.5) is 4.39 Å². The number of H-pyrrole nitrogens is 1. The third-order valence-electron chi connectivity index (χ3n) is 2.33. The Labute approximate surface area is 110 Å². The molecule has 0 saturated carbocycles. The van der Waals surface area contributed by atoms with Gasteiger partial charge in [0, 0.05) is 4.90 Å². The van der Waals surface area contributed by atoms with Crippen LogP contribution < -0.4 is 11.2 Å². The summed E-state index contributed by atoms with van der Waals surface area (Å²) >= 11 is 6.90. The predicted molar refractivity (Wildman–Crippen MR) is 69.4 cm³/mol. The van der Waals surface area contributed by atoms with E-state index in [1.54, 1.807) is 24.3 Å². The molecule has 0 aliphatic heterocycles. The fourth-order valence-electron chi connectivity index (χ4n) is 1.45. The van der Waals surface area contributed by atoms with E-state index in [0.29, 0.717) is 4.57 Å². The largest absolute Gasteiger partial charge is 0.334 e. The van der Waals surface area contributed by atoms with Crippen LogP contribution in [0.1, 0.15) is 0 Å². The number of thioether (sulfide) groups is 1. The lowest BCUT2D eigenvalue weighted by molar-refractivity contribution is 0.584. The van der Waals surface area contributed by atoms with Gasteiger partial charge in [-0.2, -0.15) is 4.39 Å². The molecule has 0 saturated heterocycles. The summed E-state index contributed by atoms with van der Waals surface area (Å²) in [6.07, 6.45) is 1.90. The van der Waals surface area contributed by atoms with E-state index in [1.165, 1.54) is 11.8 Å². The molecule has 2 rings (SSSR count). The Morgan fingerprint density at radius 1 is 1.28 bits per heavy atom. The molecule has 1 heterocycles. The van der Waals surface area contributed by atoms with Gasteiger partial charge in [0.1, 0.15) is 0 Å². The van der Waals surface area contributed by atoms with Crippen molar-refractivity contribution in [1.82, 2.24) is 9.55 Å². The first-order valence-electron chi connectivity index (χ1n) is 4.89. The Morgan fingerprint density at radius 2 is 1.89 bits per heavy atom. The third kappa shape index (κ3) is 2.21. The van der Waals surface area contributed by atoms with Crippen LogP contribution in [-0.2, 0) is 0 Å². The van der Waals surface area contributed by atoms with E-state index in [-0.39, 0.29) is 5.69 Å². The monoisotopic (exact) mass is 286 g/mol. The van der Waals surface area contributed by atoms with Crippen molar-refractivity contribution in [2.45, 2.75) is 4.90 Å². The maximum absolute atomic E-state index is 13.4. The molecule has 7 heteroatoms. The van der Waals surface area contributed by atoms with Crippen molar-refractivity contribution in [2.75, 3.05) is 6.26 Å².